The molecule has 0 amide bonds. The Morgan fingerprint density at radius 1 is 1.07 bits per heavy atom. The minimum absolute atomic E-state index is 0.0388. The second-order valence-corrected chi connectivity index (χ2v) is 7.45. The van der Waals surface area contributed by atoms with Crippen molar-refractivity contribution in [3.05, 3.63) is 65.6 Å². The maximum absolute atomic E-state index is 13.0. The maximum Gasteiger partial charge on any atom is 0.261 e. The highest BCUT2D eigenvalue weighted by molar-refractivity contribution is 5.79. The Labute approximate surface area is 175 Å². The van der Waals surface area contributed by atoms with E-state index in [-0.39, 0.29) is 5.56 Å². The van der Waals surface area contributed by atoms with Gasteiger partial charge in [-0.25, -0.2) is 4.98 Å². The number of nitrogens with zero attached hydrogens (tertiary/aromatic N) is 5. The molecule has 0 saturated carbocycles. The lowest BCUT2D eigenvalue weighted by Gasteiger charge is -2.14. The topological polar surface area (TPSA) is 74.8 Å². The molecule has 4 rings (SSSR count). The molecule has 1 aromatic carbocycles. The van der Waals surface area contributed by atoms with E-state index in [1.807, 2.05) is 31.4 Å². The van der Waals surface area contributed by atoms with Gasteiger partial charge in [-0.3, -0.25) is 19.0 Å². The second-order valence-electron chi connectivity index (χ2n) is 7.45. The van der Waals surface area contributed by atoms with Gasteiger partial charge in [0.2, 0.25) is 0 Å². The lowest BCUT2D eigenvalue weighted by molar-refractivity contribution is 0.410. The maximum atomic E-state index is 13.0. The van der Waals surface area contributed by atoms with Crippen LogP contribution in [0.3, 0.4) is 0 Å². The Bertz CT molecular complexity index is 1220. The summed E-state index contributed by atoms with van der Waals surface area (Å²) >= 11 is 0. The van der Waals surface area contributed by atoms with Crippen molar-refractivity contribution in [2.45, 2.75) is 33.2 Å². The monoisotopic (exact) mass is 403 g/mol. The van der Waals surface area contributed by atoms with Crippen LogP contribution in [-0.4, -0.2) is 24.3 Å². The molecule has 3 heterocycles. The zero-order valence-corrected chi connectivity index (χ0v) is 17.4. The lowest BCUT2D eigenvalue weighted by atomic mass is 10.0. The number of benzene rings is 1. The second kappa shape index (κ2) is 8.49. The smallest absolute Gasteiger partial charge is 0.261 e. The van der Waals surface area contributed by atoms with E-state index in [4.69, 9.17) is 4.74 Å². The number of aryl methyl sites for hydroxylation is 1. The highest BCUT2D eigenvalue weighted by atomic mass is 16.5. The number of pyridine rings is 1. The van der Waals surface area contributed by atoms with Crippen LogP contribution in [0.4, 0.5) is 0 Å². The third-order valence-electron chi connectivity index (χ3n) is 5.37. The van der Waals surface area contributed by atoms with Crippen molar-refractivity contribution in [2.24, 2.45) is 13.0 Å². The third-order valence-corrected chi connectivity index (χ3v) is 5.37. The first-order chi connectivity index (χ1) is 14.6. The summed E-state index contributed by atoms with van der Waals surface area (Å²) < 4.78 is 9.47. The van der Waals surface area contributed by atoms with E-state index in [1.54, 1.807) is 40.1 Å². The minimum atomic E-state index is -0.0388. The molecule has 0 fully saturated rings. The molecule has 3 aromatic heterocycles. The van der Waals surface area contributed by atoms with Gasteiger partial charge >= 0.3 is 0 Å². The molecule has 0 N–H and O–H groups in total. The summed E-state index contributed by atoms with van der Waals surface area (Å²) in [5.74, 6) is 1.69. The number of rotatable bonds is 7. The molecule has 0 bridgehead atoms. The first-order valence-corrected chi connectivity index (χ1v) is 10.2. The van der Waals surface area contributed by atoms with Gasteiger partial charge in [0.05, 0.1) is 29.1 Å². The van der Waals surface area contributed by atoms with Crippen molar-refractivity contribution in [1.29, 1.82) is 0 Å². The minimum Gasteiger partial charge on any atom is -0.457 e. The molecule has 4 aromatic rings. The van der Waals surface area contributed by atoms with Gasteiger partial charge in [0, 0.05) is 37.6 Å². The molecule has 0 radical (unpaired) electrons. The molecule has 0 unspecified atom stereocenters. The highest BCUT2D eigenvalue weighted by Crippen LogP contribution is 2.26. The standard InChI is InChI=1S/C23H25N5O2/c1-4-16(5-2)13-28-15-25-21-7-6-18(10-20(21)23(28)29)30-19-8-9-24-22(11-19)17-12-26-27(3)14-17/h6-12,14-16H,4-5,13H2,1-3H3. The molecule has 0 atom stereocenters. The van der Waals surface area contributed by atoms with Gasteiger partial charge in [-0.15, -0.1) is 0 Å². The van der Waals surface area contributed by atoms with Crippen LogP contribution in [0.5, 0.6) is 11.5 Å². The molecule has 0 aliphatic rings. The quantitative estimate of drug-likeness (QED) is 0.457. The van der Waals surface area contributed by atoms with Crippen LogP contribution in [-0.2, 0) is 13.6 Å². The first kappa shape index (κ1) is 19.8. The Morgan fingerprint density at radius 2 is 1.87 bits per heavy atom. The van der Waals surface area contributed by atoms with Crippen molar-refractivity contribution >= 4 is 10.9 Å². The van der Waals surface area contributed by atoms with Crippen molar-refractivity contribution < 1.29 is 4.74 Å². The fourth-order valence-corrected chi connectivity index (χ4v) is 3.48. The summed E-state index contributed by atoms with van der Waals surface area (Å²) in [4.78, 5) is 21.8. The molecular weight excluding hydrogens is 378 g/mol. The molecule has 7 nitrogen and oxygen atoms in total. The fourth-order valence-electron chi connectivity index (χ4n) is 3.48. The molecule has 0 saturated heterocycles. The molecule has 30 heavy (non-hydrogen) atoms. The first-order valence-electron chi connectivity index (χ1n) is 10.2. The van der Waals surface area contributed by atoms with Gasteiger partial charge in [-0.05, 0) is 30.2 Å². The Hall–Kier alpha value is -3.48. The average molecular weight is 403 g/mol. The predicted octanol–water partition coefficient (Wildman–Crippen LogP) is 4.42. The highest BCUT2D eigenvalue weighted by Gasteiger charge is 2.11. The van der Waals surface area contributed by atoms with Crippen molar-refractivity contribution in [3.8, 4) is 22.8 Å². The summed E-state index contributed by atoms with van der Waals surface area (Å²) in [6.07, 6.45) is 9.07. The van der Waals surface area contributed by atoms with Crippen LogP contribution >= 0.6 is 0 Å². The zero-order valence-electron chi connectivity index (χ0n) is 17.4. The summed E-state index contributed by atoms with van der Waals surface area (Å²) in [7, 11) is 1.86. The third kappa shape index (κ3) is 4.10. The van der Waals surface area contributed by atoms with Crippen molar-refractivity contribution in [2.75, 3.05) is 0 Å². The number of ether oxygens (including phenoxy) is 1. The van der Waals surface area contributed by atoms with Crippen LogP contribution in [0.2, 0.25) is 0 Å². The van der Waals surface area contributed by atoms with Crippen molar-refractivity contribution in [1.82, 2.24) is 24.3 Å². The fraction of sp³-hybridized carbons (Fsp3) is 0.304. The summed E-state index contributed by atoms with van der Waals surface area (Å²) in [6.45, 7) is 4.97. The van der Waals surface area contributed by atoms with Gasteiger partial charge in [-0.1, -0.05) is 26.7 Å². The number of fused-ring (bicyclic) bond motifs is 1. The van der Waals surface area contributed by atoms with E-state index < -0.39 is 0 Å². The van der Waals surface area contributed by atoms with Crippen LogP contribution in [0.15, 0.2) is 60.0 Å². The molecule has 154 valence electrons. The molecule has 7 heteroatoms. The van der Waals surface area contributed by atoms with E-state index in [2.05, 4.69) is 28.9 Å². The average Bonchev–Trinajstić information content (AvgIpc) is 3.20. The molecule has 0 aliphatic carbocycles. The zero-order chi connectivity index (χ0) is 21.1. The van der Waals surface area contributed by atoms with Crippen molar-refractivity contribution in [3.63, 3.8) is 0 Å². The van der Waals surface area contributed by atoms with Crippen LogP contribution in [0.25, 0.3) is 22.2 Å². The predicted molar refractivity (Wildman–Crippen MR) is 117 cm³/mol. The Morgan fingerprint density at radius 3 is 2.60 bits per heavy atom. The van der Waals surface area contributed by atoms with Crippen LogP contribution < -0.4 is 10.3 Å². The van der Waals surface area contributed by atoms with E-state index in [1.165, 1.54) is 0 Å². The SMILES string of the molecule is CCC(CC)Cn1cnc2ccc(Oc3ccnc(-c4cnn(C)c4)c3)cc2c1=O. The molecule has 0 spiro atoms. The van der Waals surface area contributed by atoms with Gasteiger partial charge in [-0.2, -0.15) is 5.10 Å². The van der Waals surface area contributed by atoms with E-state index in [9.17, 15) is 4.79 Å². The largest absolute Gasteiger partial charge is 0.457 e. The van der Waals surface area contributed by atoms with Crippen LogP contribution in [0, 0.1) is 5.92 Å². The number of hydrogen-bond acceptors (Lipinski definition) is 5. The van der Waals surface area contributed by atoms with E-state index in [0.717, 1.165) is 24.1 Å². The van der Waals surface area contributed by atoms with Gasteiger partial charge < -0.3 is 4.74 Å². The Kier molecular flexibility index (Phi) is 5.61. The summed E-state index contributed by atoms with van der Waals surface area (Å²) in [5.41, 5.74) is 2.31. The Balaban J connectivity index is 1.63. The number of aromatic nitrogens is 5. The van der Waals surface area contributed by atoms with Crippen LogP contribution in [0.1, 0.15) is 26.7 Å². The lowest BCUT2D eigenvalue weighted by Crippen LogP contribution is -2.24. The van der Waals surface area contributed by atoms with E-state index >= 15 is 0 Å². The van der Waals surface area contributed by atoms with Gasteiger partial charge in [0.15, 0.2) is 0 Å². The van der Waals surface area contributed by atoms with E-state index in [0.29, 0.717) is 34.9 Å². The van der Waals surface area contributed by atoms with Gasteiger partial charge in [0.25, 0.3) is 5.56 Å². The normalized spacial score (nSPS) is 11.3. The molecular formula is C23H25N5O2. The number of hydrogen-bond donors (Lipinski definition) is 0. The molecule has 0 aliphatic heterocycles. The summed E-state index contributed by atoms with van der Waals surface area (Å²) in [6, 6.07) is 9.05. The van der Waals surface area contributed by atoms with Gasteiger partial charge in [0.1, 0.15) is 11.5 Å². The summed E-state index contributed by atoms with van der Waals surface area (Å²) in [5, 5.41) is 4.74.